The molecule has 0 aliphatic heterocycles. The number of ether oxygens (including phenoxy) is 2. The highest BCUT2D eigenvalue weighted by Gasteiger charge is 2.08. The van der Waals surface area contributed by atoms with E-state index in [1.807, 2.05) is 25.1 Å². The van der Waals surface area contributed by atoms with Gasteiger partial charge in [0.05, 0.1) is 12.2 Å². The lowest BCUT2D eigenvalue weighted by Crippen LogP contribution is -2.05. The second-order valence-corrected chi connectivity index (χ2v) is 4.62. The van der Waals surface area contributed by atoms with Gasteiger partial charge in [-0.05, 0) is 37.0 Å². The number of rotatable bonds is 9. The molecule has 3 nitrogen and oxygen atoms in total. The van der Waals surface area contributed by atoms with Crippen molar-refractivity contribution >= 4 is 6.29 Å². The summed E-state index contributed by atoms with van der Waals surface area (Å²) in [6.45, 7) is 8.26. The van der Waals surface area contributed by atoms with Gasteiger partial charge in [-0.1, -0.05) is 19.9 Å². The number of carbonyl (C=O) groups excluding carboxylic acids is 1. The molecule has 0 aliphatic rings. The number of carbonyl (C=O) groups is 1. The molecule has 19 heavy (non-hydrogen) atoms. The Labute approximate surface area is 115 Å². The molecule has 0 heterocycles. The molecule has 0 amide bonds. The number of aldehydes is 1. The van der Waals surface area contributed by atoms with Gasteiger partial charge in [0, 0.05) is 19.6 Å². The molecular weight excluding hydrogens is 240 g/mol. The average molecular weight is 264 g/mol. The van der Waals surface area contributed by atoms with Crippen LogP contribution >= 0.6 is 0 Å². The van der Waals surface area contributed by atoms with Crippen LogP contribution in [0.5, 0.6) is 5.75 Å². The SMILES string of the molecule is CCOCCCOc1ccc(C(C)CC)cc1C=O. The van der Waals surface area contributed by atoms with E-state index in [1.165, 1.54) is 5.56 Å². The number of benzene rings is 1. The van der Waals surface area contributed by atoms with Gasteiger partial charge in [-0.2, -0.15) is 0 Å². The lowest BCUT2D eigenvalue weighted by atomic mass is 9.97. The van der Waals surface area contributed by atoms with Crippen molar-refractivity contribution in [3.8, 4) is 5.75 Å². The molecule has 106 valence electrons. The summed E-state index contributed by atoms with van der Waals surface area (Å²) >= 11 is 0. The zero-order valence-electron chi connectivity index (χ0n) is 12.1. The fourth-order valence-corrected chi connectivity index (χ4v) is 1.82. The van der Waals surface area contributed by atoms with Crippen molar-refractivity contribution in [2.75, 3.05) is 19.8 Å². The van der Waals surface area contributed by atoms with E-state index in [1.54, 1.807) is 0 Å². The molecule has 0 saturated carbocycles. The summed E-state index contributed by atoms with van der Waals surface area (Å²) in [5, 5.41) is 0. The Morgan fingerprint density at radius 2 is 2.05 bits per heavy atom. The van der Waals surface area contributed by atoms with Crippen LogP contribution in [0.1, 0.15) is 55.5 Å². The van der Waals surface area contributed by atoms with Crippen molar-refractivity contribution in [3.05, 3.63) is 29.3 Å². The van der Waals surface area contributed by atoms with E-state index in [4.69, 9.17) is 9.47 Å². The molecule has 0 spiro atoms. The van der Waals surface area contributed by atoms with E-state index in [0.29, 0.717) is 30.4 Å². The highest BCUT2D eigenvalue weighted by atomic mass is 16.5. The van der Waals surface area contributed by atoms with Crippen molar-refractivity contribution < 1.29 is 14.3 Å². The van der Waals surface area contributed by atoms with Crippen LogP contribution < -0.4 is 4.74 Å². The maximum absolute atomic E-state index is 11.1. The second kappa shape index (κ2) is 8.70. The van der Waals surface area contributed by atoms with Crippen LogP contribution in [0.4, 0.5) is 0 Å². The van der Waals surface area contributed by atoms with Crippen LogP contribution in [0.25, 0.3) is 0 Å². The molecule has 0 aliphatic carbocycles. The Balaban J connectivity index is 2.60. The number of hydrogen-bond donors (Lipinski definition) is 0. The summed E-state index contributed by atoms with van der Waals surface area (Å²) in [5.74, 6) is 1.13. The van der Waals surface area contributed by atoms with Gasteiger partial charge < -0.3 is 9.47 Å². The Hall–Kier alpha value is -1.35. The van der Waals surface area contributed by atoms with Crippen LogP contribution in [0.15, 0.2) is 18.2 Å². The predicted octanol–water partition coefficient (Wildman–Crippen LogP) is 3.82. The van der Waals surface area contributed by atoms with Crippen molar-refractivity contribution in [2.24, 2.45) is 0 Å². The van der Waals surface area contributed by atoms with Crippen LogP contribution in [0, 0.1) is 0 Å². The Kier molecular flexibility index (Phi) is 7.19. The Morgan fingerprint density at radius 1 is 1.26 bits per heavy atom. The summed E-state index contributed by atoms with van der Waals surface area (Å²) in [6.07, 6.45) is 2.76. The minimum Gasteiger partial charge on any atom is -0.493 e. The zero-order valence-corrected chi connectivity index (χ0v) is 12.1. The molecule has 1 rings (SSSR count). The first kappa shape index (κ1) is 15.7. The summed E-state index contributed by atoms with van der Waals surface area (Å²) in [6, 6.07) is 5.87. The summed E-state index contributed by atoms with van der Waals surface area (Å²) in [4.78, 5) is 11.1. The van der Waals surface area contributed by atoms with Crippen LogP contribution in [0.2, 0.25) is 0 Å². The standard InChI is InChI=1S/C16H24O3/c1-4-13(3)14-7-8-16(15(11-14)12-17)19-10-6-9-18-5-2/h7-8,11-13H,4-6,9-10H2,1-3H3. The maximum Gasteiger partial charge on any atom is 0.153 e. The quantitative estimate of drug-likeness (QED) is 0.502. The van der Waals surface area contributed by atoms with E-state index in [-0.39, 0.29) is 0 Å². The third-order valence-electron chi connectivity index (χ3n) is 3.24. The van der Waals surface area contributed by atoms with Gasteiger partial charge in [-0.15, -0.1) is 0 Å². The Morgan fingerprint density at radius 3 is 2.68 bits per heavy atom. The molecular formula is C16H24O3. The van der Waals surface area contributed by atoms with Crippen molar-refractivity contribution in [1.29, 1.82) is 0 Å². The van der Waals surface area contributed by atoms with Crippen LogP contribution in [-0.2, 0) is 4.74 Å². The highest BCUT2D eigenvalue weighted by Crippen LogP contribution is 2.25. The van der Waals surface area contributed by atoms with Crippen molar-refractivity contribution in [3.63, 3.8) is 0 Å². The topological polar surface area (TPSA) is 35.5 Å². The Bertz CT molecular complexity index is 388. The first-order valence-corrected chi connectivity index (χ1v) is 7.02. The monoisotopic (exact) mass is 264 g/mol. The molecule has 0 aromatic heterocycles. The lowest BCUT2D eigenvalue weighted by Gasteiger charge is -2.13. The smallest absolute Gasteiger partial charge is 0.153 e. The molecule has 0 bridgehead atoms. The van der Waals surface area contributed by atoms with E-state index in [0.717, 1.165) is 25.7 Å². The van der Waals surface area contributed by atoms with Crippen LogP contribution in [0.3, 0.4) is 0 Å². The second-order valence-electron chi connectivity index (χ2n) is 4.62. The van der Waals surface area contributed by atoms with Gasteiger partial charge in [0.15, 0.2) is 6.29 Å². The van der Waals surface area contributed by atoms with Gasteiger partial charge in [0.2, 0.25) is 0 Å². The minimum absolute atomic E-state index is 0.464. The molecule has 1 unspecified atom stereocenters. The largest absolute Gasteiger partial charge is 0.493 e. The molecule has 1 aromatic carbocycles. The molecule has 0 N–H and O–H groups in total. The molecule has 1 atom stereocenters. The zero-order chi connectivity index (χ0) is 14.1. The number of hydrogen-bond acceptors (Lipinski definition) is 3. The third kappa shape index (κ3) is 5.03. The first-order valence-electron chi connectivity index (χ1n) is 7.02. The molecule has 0 saturated heterocycles. The normalized spacial score (nSPS) is 12.2. The van der Waals surface area contributed by atoms with E-state index in [9.17, 15) is 4.79 Å². The molecule has 3 heteroatoms. The minimum atomic E-state index is 0.464. The molecule has 0 radical (unpaired) electrons. The summed E-state index contributed by atoms with van der Waals surface area (Å²) < 4.78 is 10.9. The third-order valence-corrected chi connectivity index (χ3v) is 3.24. The van der Waals surface area contributed by atoms with Gasteiger partial charge in [-0.3, -0.25) is 4.79 Å². The maximum atomic E-state index is 11.1. The lowest BCUT2D eigenvalue weighted by molar-refractivity contribution is 0.111. The fourth-order valence-electron chi connectivity index (χ4n) is 1.82. The average Bonchev–Trinajstić information content (AvgIpc) is 2.46. The van der Waals surface area contributed by atoms with Gasteiger partial charge in [-0.25, -0.2) is 0 Å². The fraction of sp³-hybridized carbons (Fsp3) is 0.562. The first-order chi connectivity index (χ1) is 9.22. The summed E-state index contributed by atoms with van der Waals surface area (Å²) in [7, 11) is 0. The van der Waals surface area contributed by atoms with Crippen LogP contribution in [-0.4, -0.2) is 26.1 Å². The predicted molar refractivity (Wildman–Crippen MR) is 77.1 cm³/mol. The van der Waals surface area contributed by atoms with E-state index < -0.39 is 0 Å². The van der Waals surface area contributed by atoms with E-state index >= 15 is 0 Å². The molecule has 1 aromatic rings. The van der Waals surface area contributed by atoms with Gasteiger partial charge >= 0.3 is 0 Å². The highest BCUT2D eigenvalue weighted by molar-refractivity contribution is 5.79. The van der Waals surface area contributed by atoms with Gasteiger partial charge in [0.1, 0.15) is 5.75 Å². The summed E-state index contributed by atoms with van der Waals surface area (Å²) in [5.41, 5.74) is 1.82. The van der Waals surface area contributed by atoms with Gasteiger partial charge in [0.25, 0.3) is 0 Å². The molecule has 0 fully saturated rings. The van der Waals surface area contributed by atoms with Crippen molar-refractivity contribution in [1.82, 2.24) is 0 Å². The van der Waals surface area contributed by atoms with E-state index in [2.05, 4.69) is 13.8 Å². The van der Waals surface area contributed by atoms with Crippen molar-refractivity contribution in [2.45, 2.75) is 39.5 Å².